The second kappa shape index (κ2) is 3.93. The Labute approximate surface area is 124 Å². The van der Waals surface area contributed by atoms with Crippen LogP contribution in [-0.4, -0.2) is 24.1 Å². The van der Waals surface area contributed by atoms with E-state index in [2.05, 4.69) is 17.0 Å². The Bertz CT molecular complexity index is 641. The van der Waals surface area contributed by atoms with Crippen LogP contribution < -0.4 is 9.47 Å². The van der Waals surface area contributed by atoms with Crippen LogP contribution >= 0.6 is 0 Å². The molecule has 2 unspecified atom stereocenters. The lowest BCUT2D eigenvalue weighted by Gasteiger charge is -2.52. The second-order valence-electron chi connectivity index (χ2n) is 6.71. The van der Waals surface area contributed by atoms with Gasteiger partial charge in [-0.15, -0.1) is 0 Å². The lowest BCUT2D eigenvalue weighted by Crippen LogP contribution is -2.58. The van der Waals surface area contributed by atoms with Crippen LogP contribution in [0.2, 0.25) is 0 Å². The Kier molecular flexibility index (Phi) is 2.23. The topological polar surface area (TPSA) is 38.8 Å². The average molecular weight is 285 g/mol. The van der Waals surface area contributed by atoms with Gasteiger partial charge in [-0.2, -0.15) is 0 Å². The highest BCUT2D eigenvalue weighted by atomic mass is 16.7. The van der Waals surface area contributed by atoms with E-state index < -0.39 is 0 Å². The molecule has 0 N–H and O–H groups in total. The highest BCUT2D eigenvalue weighted by Crippen LogP contribution is 2.56. The van der Waals surface area contributed by atoms with Crippen molar-refractivity contribution < 1.29 is 14.3 Å². The molecule has 0 aromatic heterocycles. The van der Waals surface area contributed by atoms with E-state index in [9.17, 15) is 4.79 Å². The fourth-order valence-corrected chi connectivity index (χ4v) is 5.10. The predicted molar refractivity (Wildman–Crippen MR) is 76.2 cm³/mol. The monoisotopic (exact) mass is 285 g/mol. The van der Waals surface area contributed by atoms with Gasteiger partial charge in [-0.05, 0) is 54.9 Å². The van der Waals surface area contributed by atoms with E-state index >= 15 is 0 Å². The van der Waals surface area contributed by atoms with Gasteiger partial charge >= 0.3 is 0 Å². The van der Waals surface area contributed by atoms with E-state index in [0.29, 0.717) is 18.6 Å². The quantitative estimate of drug-likeness (QED) is 0.735. The number of rotatable bonds is 0. The first-order valence-electron chi connectivity index (χ1n) is 8.02. The summed E-state index contributed by atoms with van der Waals surface area (Å²) in [5.74, 6) is 2.69. The molecule has 2 fully saturated rings. The first-order valence-corrected chi connectivity index (χ1v) is 8.02. The summed E-state index contributed by atoms with van der Waals surface area (Å²) in [6, 6.07) is 4.32. The Morgan fingerprint density at radius 1 is 1.14 bits per heavy atom. The Balaban J connectivity index is 1.73. The van der Waals surface area contributed by atoms with Crippen molar-refractivity contribution >= 4 is 5.91 Å². The van der Waals surface area contributed by atoms with Crippen LogP contribution in [0.15, 0.2) is 12.1 Å². The highest BCUT2D eigenvalue weighted by Gasteiger charge is 2.55. The zero-order chi connectivity index (χ0) is 14.0. The van der Waals surface area contributed by atoms with E-state index in [0.717, 1.165) is 43.7 Å². The zero-order valence-corrected chi connectivity index (χ0v) is 12.1. The van der Waals surface area contributed by atoms with Crippen LogP contribution in [0.25, 0.3) is 0 Å². The number of amides is 1. The molecule has 1 saturated heterocycles. The van der Waals surface area contributed by atoms with Gasteiger partial charge in [-0.1, -0.05) is 6.42 Å². The molecule has 4 heteroatoms. The molecule has 0 radical (unpaired) electrons. The summed E-state index contributed by atoms with van der Waals surface area (Å²) in [6.45, 7) is 1.18. The van der Waals surface area contributed by atoms with E-state index in [1.54, 1.807) is 0 Å². The van der Waals surface area contributed by atoms with Crippen molar-refractivity contribution in [2.45, 2.75) is 44.1 Å². The lowest BCUT2D eigenvalue weighted by atomic mass is 9.70. The van der Waals surface area contributed by atoms with Gasteiger partial charge in [0.05, 0.1) is 5.54 Å². The molecule has 3 aliphatic heterocycles. The van der Waals surface area contributed by atoms with Gasteiger partial charge in [0.2, 0.25) is 12.7 Å². The summed E-state index contributed by atoms with van der Waals surface area (Å²) in [6.07, 6.45) is 6.29. The number of benzene rings is 1. The maximum Gasteiger partial charge on any atom is 0.231 e. The van der Waals surface area contributed by atoms with Crippen molar-refractivity contribution in [2.24, 2.45) is 5.92 Å². The third-order valence-electron chi connectivity index (χ3n) is 5.94. The minimum absolute atomic E-state index is 0.0517. The first kappa shape index (κ1) is 11.9. The molecule has 1 aromatic rings. The standard InChI is InChI=1S/C17H19NO3/c19-16-4-3-12-2-1-6-17(12)13-9-15-14(20-10-21-15)8-11(13)5-7-18(16)17/h8-9,12H,1-7,10H2. The largest absolute Gasteiger partial charge is 0.454 e. The summed E-state index contributed by atoms with van der Waals surface area (Å²) in [7, 11) is 0. The van der Waals surface area contributed by atoms with Crippen molar-refractivity contribution in [2.75, 3.05) is 13.3 Å². The Morgan fingerprint density at radius 2 is 2.00 bits per heavy atom. The third-order valence-corrected chi connectivity index (χ3v) is 5.94. The summed E-state index contributed by atoms with van der Waals surface area (Å²) in [5.41, 5.74) is 2.65. The van der Waals surface area contributed by atoms with E-state index in [4.69, 9.17) is 9.47 Å². The maximum atomic E-state index is 12.5. The Morgan fingerprint density at radius 3 is 2.90 bits per heavy atom. The third kappa shape index (κ3) is 1.38. The number of fused-ring (bicyclic) bond motifs is 2. The number of carbonyl (C=O) groups is 1. The molecule has 1 spiro atoms. The molecule has 3 heterocycles. The molecule has 4 nitrogen and oxygen atoms in total. The molecule has 2 atom stereocenters. The van der Waals surface area contributed by atoms with Crippen LogP contribution in [0, 0.1) is 5.92 Å². The minimum Gasteiger partial charge on any atom is -0.454 e. The van der Waals surface area contributed by atoms with Gasteiger partial charge in [-0.3, -0.25) is 4.79 Å². The normalized spacial score (nSPS) is 32.7. The second-order valence-corrected chi connectivity index (χ2v) is 6.71. The van der Waals surface area contributed by atoms with E-state index in [1.807, 2.05) is 0 Å². The molecule has 1 amide bonds. The number of nitrogens with zero attached hydrogens (tertiary/aromatic N) is 1. The molecular weight excluding hydrogens is 266 g/mol. The predicted octanol–water partition coefficient (Wildman–Crippen LogP) is 2.59. The van der Waals surface area contributed by atoms with Crippen molar-refractivity contribution in [3.05, 3.63) is 23.3 Å². The van der Waals surface area contributed by atoms with Gasteiger partial charge < -0.3 is 14.4 Å². The van der Waals surface area contributed by atoms with Crippen molar-refractivity contribution in [3.63, 3.8) is 0 Å². The van der Waals surface area contributed by atoms with Gasteiger partial charge in [-0.25, -0.2) is 0 Å². The fourth-order valence-electron chi connectivity index (χ4n) is 5.10. The van der Waals surface area contributed by atoms with Crippen LogP contribution in [0.1, 0.15) is 43.2 Å². The summed E-state index contributed by atoms with van der Waals surface area (Å²) < 4.78 is 11.1. The molecule has 5 rings (SSSR count). The van der Waals surface area contributed by atoms with E-state index in [1.165, 1.54) is 24.0 Å². The van der Waals surface area contributed by atoms with E-state index in [-0.39, 0.29) is 5.54 Å². The van der Waals surface area contributed by atoms with Crippen molar-refractivity contribution in [1.29, 1.82) is 0 Å². The van der Waals surface area contributed by atoms with Crippen LogP contribution in [0.5, 0.6) is 11.5 Å². The number of carbonyl (C=O) groups excluding carboxylic acids is 1. The molecule has 4 aliphatic rings. The molecule has 110 valence electrons. The summed E-state index contributed by atoms with van der Waals surface area (Å²) in [5, 5.41) is 0. The number of ether oxygens (including phenoxy) is 2. The number of hydrogen-bond donors (Lipinski definition) is 0. The number of piperidine rings is 1. The molecule has 1 aromatic carbocycles. The summed E-state index contributed by atoms with van der Waals surface area (Å²) in [4.78, 5) is 14.7. The van der Waals surface area contributed by atoms with Crippen LogP contribution in [-0.2, 0) is 16.8 Å². The zero-order valence-electron chi connectivity index (χ0n) is 12.1. The Hall–Kier alpha value is -1.71. The lowest BCUT2D eigenvalue weighted by molar-refractivity contribution is -0.146. The van der Waals surface area contributed by atoms with Gasteiger partial charge in [0.25, 0.3) is 0 Å². The SMILES string of the molecule is O=C1CCC2CCCC23c2cc4c(cc2CCN13)OCO4. The molecular formula is C17H19NO3. The van der Waals surface area contributed by atoms with Crippen LogP contribution in [0.3, 0.4) is 0 Å². The molecule has 0 bridgehead atoms. The van der Waals surface area contributed by atoms with Crippen molar-refractivity contribution in [3.8, 4) is 11.5 Å². The molecule has 1 saturated carbocycles. The maximum absolute atomic E-state index is 12.5. The van der Waals surface area contributed by atoms with Gasteiger partial charge in [0, 0.05) is 13.0 Å². The molecule has 21 heavy (non-hydrogen) atoms. The summed E-state index contributed by atoms with van der Waals surface area (Å²) >= 11 is 0. The minimum atomic E-state index is -0.0517. The average Bonchev–Trinajstić information content (AvgIpc) is 3.11. The van der Waals surface area contributed by atoms with Crippen molar-refractivity contribution in [1.82, 2.24) is 4.90 Å². The molecule has 1 aliphatic carbocycles. The van der Waals surface area contributed by atoms with Gasteiger partial charge in [0.1, 0.15) is 0 Å². The smallest absolute Gasteiger partial charge is 0.231 e. The van der Waals surface area contributed by atoms with Crippen LogP contribution in [0.4, 0.5) is 0 Å². The number of hydrogen-bond acceptors (Lipinski definition) is 3. The highest BCUT2D eigenvalue weighted by molar-refractivity contribution is 5.79. The van der Waals surface area contributed by atoms with Gasteiger partial charge in [0.15, 0.2) is 11.5 Å². The fraction of sp³-hybridized carbons (Fsp3) is 0.588. The first-order chi connectivity index (χ1) is 10.3.